The Bertz CT molecular complexity index is 622. The van der Waals surface area contributed by atoms with Crippen LogP contribution in [-0.2, 0) is 4.74 Å². The lowest BCUT2D eigenvalue weighted by Crippen LogP contribution is -2.09. The molecule has 4 heteroatoms. The predicted octanol–water partition coefficient (Wildman–Crippen LogP) is 4.47. The highest BCUT2D eigenvalue weighted by Crippen LogP contribution is 2.33. The number of benzene rings is 2. The highest BCUT2D eigenvalue weighted by molar-refractivity contribution is 5.31. The van der Waals surface area contributed by atoms with Gasteiger partial charge in [0.25, 0.3) is 0 Å². The van der Waals surface area contributed by atoms with E-state index in [2.05, 4.69) is 26.0 Å². The summed E-state index contributed by atoms with van der Waals surface area (Å²) in [6.07, 6.45) is 2.14. The smallest absolute Gasteiger partial charge is 0.119 e. The number of aliphatic hydroxyl groups is 1. The molecule has 2 rings (SSSR count). The van der Waals surface area contributed by atoms with E-state index in [9.17, 15) is 5.11 Å². The molecule has 2 aromatic carbocycles. The summed E-state index contributed by atoms with van der Waals surface area (Å²) in [5.41, 5.74) is 2.58. The van der Waals surface area contributed by atoms with Crippen molar-refractivity contribution in [3.05, 3.63) is 59.7 Å². The molecule has 0 fully saturated rings. The summed E-state index contributed by atoms with van der Waals surface area (Å²) in [6, 6.07) is 15.8. The first kappa shape index (κ1) is 20.3. The average Bonchev–Trinajstić information content (AvgIpc) is 2.67. The summed E-state index contributed by atoms with van der Waals surface area (Å²) in [6.45, 7) is 5.80. The molecule has 0 saturated carbocycles. The summed E-state index contributed by atoms with van der Waals surface area (Å²) in [5, 5.41) is 18.1. The molecule has 0 amide bonds. The van der Waals surface area contributed by atoms with Gasteiger partial charge in [0.1, 0.15) is 18.1 Å². The highest BCUT2D eigenvalue weighted by atomic mass is 16.5. The maximum absolute atomic E-state index is 9.47. The van der Waals surface area contributed by atoms with Gasteiger partial charge in [0, 0.05) is 0 Å². The SMILES string of the molecule is CCC(CC(C)c1ccc(OCCOCCO)cc1)c1ccc(O)cc1. The molecule has 2 aromatic rings. The van der Waals surface area contributed by atoms with Crippen molar-refractivity contribution in [2.24, 2.45) is 0 Å². The second-order valence-corrected chi connectivity index (χ2v) is 6.59. The molecule has 2 unspecified atom stereocenters. The normalized spacial score (nSPS) is 13.3. The minimum absolute atomic E-state index is 0.0372. The van der Waals surface area contributed by atoms with Crippen LogP contribution in [0.4, 0.5) is 0 Å². The lowest BCUT2D eigenvalue weighted by atomic mass is 9.84. The molecule has 0 heterocycles. The van der Waals surface area contributed by atoms with Crippen LogP contribution in [0.15, 0.2) is 48.5 Å². The fraction of sp³-hybridized carbons (Fsp3) is 0.455. The molecule has 142 valence electrons. The molecule has 4 nitrogen and oxygen atoms in total. The van der Waals surface area contributed by atoms with E-state index in [0.29, 0.717) is 37.4 Å². The van der Waals surface area contributed by atoms with E-state index in [4.69, 9.17) is 14.6 Å². The van der Waals surface area contributed by atoms with Gasteiger partial charge >= 0.3 is 0 Å². The largest absolute Gasteiger partial charge is 0.508 e. The zero-order valence-electron chi connectivity index (χ0n) is 15.7. The van der Waals surface area contributed by atoms with E-state index < -0.39 is 0 Å². The van der Waals surface area contributed by atoms with Crippen molar-refractivity contribution < 1.29 is 19.7 Å². The average molecular weight is 358 g/mol. The minimum atomic E-state index is 0.0372. The zero-order chi connectivity index (χ0) is 18.8. The molecule has 0 aliphatic carbocycles. The number of phenols is 1. The van der Waals surface area contributed by atoms with E-state index in [-0.39, 0.29) is 6.61 Å². The van der Waals surface area contributed by atoms with Crippen molar-refractivity contribution in [1.82, 2.24) is 0 Å². The molecule has 0 aliphatic heterocycles. The van der Waals surface area contributed by atoms with Crippen LogP contribution in [0.2, 0.25) is 0 Å². The van der Waals surface area contributed by atoms with Crippen molar-refractivity contribution in [2.45, 2.75) is 38.5 Å². The van der Waals surface area contributed by atoms with E-state index in [1.165, 1.54) is 11.1 Å². The molecule has 0 radical (unpaired) electrons. The van der Waals surface area contributed by atoms with Gasteiger partial charge in [-0.15, -0.1) is 0 Å². The van der Waals surface area contributed by atoms with Gasteiger partial charge in [-0.1, -0.05) is 38.1 Å². The Morgan fingerprint density at radius 3 is 2.15 bits per heavy atom. The van der Waals surface area contributed by atoms with Gasteiger partial charge in [-0.3, -0.25) is 0 Å². The number of phenolic OH excluding ortho intramolecular Hbond substituents is 1. The predicted molar refractivity (Wildman–Crippen MR) is 104 cm³/mol. The first-order valence-corrected chi connectivity index (χ1v) is 9.34. The Hall–Kier alpha value is -2.04. The van der Waals surface area contributed by atoms with Crippen LogP contribution in [0.3, 0.4) is 0 Å². The van der Waals surface area contributed by atoms with Crippen molar-refractivity contribution in [3.63, 3.8) is 0 Å². The van der Waals surface area contributed by atoms with Crippen LogP contribution in [-0.4, -0.2) is 36.6 Å². The molecule has 2 N–H and O–H groups in total. The van der Waals surface area contributed by atoms with E-state index >= 15 is 0 Å². The van der Waals surface area contributed by atoms with E-state index in [1.807, 2.05) is 24.3 Å². The fourth-order valence-electron chi connectivity index (χ4n) is 3.13. The standard InChI is InChI=1S/C22H30O4/c1-3-18(20-4-8-21(24)9-5-20)16-17(2)19-6-10-22(11-7-19)26-15-14-25-13-12-23/h4-11,17-18,23-24H,3,12-16H2,1-2H3. The number of hydrogen-bond donors (Lipinski definition) is 2. The van der Waals surface area contributed by atoms with E-state index in [0.717, 1.165) is 18.6 Å². The molecular weight excluding hydrogens is 328 g/mol. The van der Waals surface area contributed by atoms with Crippen LogP contribution in [0.1, 0.15) is 49.7 Å². The highest BCUT2D eigenvalue weighted by Gasteiger charge is 2.15. The van der Waals surface area contributed by atoms with Crippen molar-refractivity contribution in [1.29, 1.82) is 0 Å². The Morgan fingerprint density at radius 1 is 0.885 bits per heavy atom. The number of aromatic hydroxyl groups is 1. The van der Waals surface area contributed by atoms with E-state index in [1.54, 1.807) is 12.1 Å². The van der Waals surface area contributed by atoms with Crippen LogP contribution < -0.4 is 4.74 Å². The first-order valence-electron chi connectivity index (χ1n) is 9.34. The lowest BCUT2D eigenvalue weighted by molar-refractivity contribution is 0.0705. The number of hydrogen-bond acceptors (Lipinski definition) is 4. The Kier molecular flexibility index (Phi) is 8.45. The molecule has 26 heavy (non-hydrogen) atoms. The molecule has 0 saturated heterocycles. The monoisotopic (exact) mass is 358 g/mol. The topological polar surface area (TPSA) is 58.9 Å². The molecule has 0 spiro atoms. The van der Waals surface area contributed by atoms with Gasteiger partial charge in [-0.2, -0.15) is 0 Å². The van der Waals surface area contributed by atoms with Crippen molar-refractivity contribution in [3.8, 4) is 11.5 Å². The number of aliphatic hydroxyl groups excluding tert-OH is 1. The summed E-state index contributed by atoms with van der Waals surface area (Å²) in [4.78, 5) is 0. The molecule has 0 aliphatic rings. The second kappa shape index (κ2) is 10.8. The lowest BCUT2D eigenvalue weighted by Gasteiger charge is -2.21. The molecular formula is C22H30O4. The third-order valence-electron chi connectivity index (χ3n) is 4.68. The van der Waals surface area contributed by atoms with Gasteiger partial charge in [-0.05, 0) is 60.1 Å². The Labute approximate surface area is 156 Å². The fourth-order valence-corrected chi connectivity index (χ4v) is 3.13. The second-order valence-electron chi connectivity index (χ2n) is 6.59. The first-order chi connectivity index (χ1) is 12.6. The summed E-state index contributed by atoms with van der Waals surface area (Å²) < 4.78 is 10.8. The van der Waals surface area contributed by atoms with Crippen molar-refractivity contribution >= 4 is 0 Å². The Morgan fingerprint density at radius 2 is 1.54 bits per heavy atom. The quantitative estimate of drug-likeness (QED) is 0.582. The van der Waals surface area contributed by atoms with Gasteiger partial charge in [0.15, 0.2) is 0 Å². The van der Waals surface area contributed by atoms with Gasteiger partial charge in [0.05, 0.1) is 19.8 Å². The summed E-state index contributed by atoms with van der Waals surface area (Å²) in [5.74, 6) is 2.06. The minimum Gasteiger partial charge on any atom is -0.508 e. The third-order valence-corrected chi connectivity index (χ3v) is 4.68. The van der Waals surface area contributed by atoms with Crippen LogP contribution in [0, 0.1) is 0 Å². The van der Waals surface area contributed by atoms with Gasteiger partial charge < -0.3 is 19.7 Å². The van der Waals surface area contributed by atoms with Gasteiger partial charge in [-0.25, -0.2) is 0 Å². The van der Waals surface area contributed by atoms with Crippen molar-refractivity contribution in [2.75, 3.05) is 26.4 Å². The molecule has 0 bridgehead atoms. The summed E-state index contributed by atoms with van der Waals surface area (Å²) >= 11 is 0. The van der Waals surface area contributed by atoms with Crippen LogP contribution >= 0.6 is 0 Å². The maximum atomic E-state index is 9.47. The molecule has 0 aromatic heterocycles. The van der Waals surface area contributed by atoms with Crippen LogP contribution in [0.5, 0.6) is 11.5 Å². The zero-order valence-corrected chi connectivity index (χ0v) is 15.7. The molecule has 2 atom stereocenters. The number of ether oxygens (including phenoxy) is 2. The number of rotatable bonds is 11. The summed E-state index contributed by atoms with van der Waals surface area (Å²) in [7, 11) is 0. The van der Waals surface area contributed by atoms with Crippen LogP contribution in [0.25, 0.3) is 0 Å². The maximum Gasteiger partial charge on any atom is 0.119 e. The van der Waals surface area contributed by atoms with Gasteiger partial charge in [0.2, 0.25) is 0 Å². The Balaban J connectivity index is 1.87. The third kappa shape index (κ3) is 6.36.